The zero-order valence-corrected chi connectivity index (χ0v) is 9.66. The zero-order chi connectivity index (χ0) is 12.3. The van der Waals surface area contributed by atoms with Crippen molar-refractivity contribution in [1.29, 1.82) is 0 Å². The molecule has 0 aromatic heterocycles. The van der Waals surface area contributed by atoms with Crippen molar-refractivity contribution in [2.24, 2.45) is 5.73 Å². The summed E-state index contributed by atoms with van der Waals surface area (Å²) in [5.74, 6) is -1.61. The first-order chi connectivity index (χ1) is 8.18. The van der Waals surface area contributed by atoms with Crippen molar-refractivity contribution in [2.45, 2.75) is 37.8 Å². The van der Waals surface area contributed by atoms with Gasteiger partial charge in [-0.1, -0.05) is 12.1 Å². The lowest BCUT2D eigenvalue weighted by molar-refractivity contribution is 0.000486. The van der Waals surface area contributed by atoms with Crippen LogP contribution in [0.2, 0.25) is 0 Å². The number of rotatable bonds is 3. The van der Waals surface area contributed by atoms with Crippen molar-refractivity contribution in [3.05, 3.63) is 35.4 Å². The monoisotopic (exact) mass is 241 g/mol. The van der Waals surface area contributed by atoms with E-state index in [1.807, 2.05) is 0 Å². The zero-order valence-electron chi connectivity index (χ0n) is 9.66. The predicted octanol–water partition coefficient (Wildman–Crippen LogP) is 2.40. The van der Waals surface area contributed by atoms with Crippen molar-refractivity contribution in [3.63, 3.8) is 0 Å². The van der Waals surface area contributed by atoms with E-state index >= 15 is 0 Å². The van der Waals surface area contributed by atoms with E-state index in [4.69, 9.17) is 10.5 Å². The van der Waals surface area contributed by atoms with E-state index in [-0.39, 0.29) is 12.1 Å². The van der Waals surface area contributed by atoms with Crippen LogP contribution in [0.25, 0.3) is 0 Å². The number of hydrogen-bond acceptors (Lipinski definition) is 2. The standard InChI is InChI=1S/C13H17F2NO/c14-10-5-3-4-9(13(10)15)8-11(16)12-6-1-2-7-17-12/h3-5,11-12H,1-2,6-8,16H2. The molecule has 1 heterocycles. The normalized spacial score (nSPS) is 22.4. The van der Waals surface area contributed by atoms with Crippen LogP contribution < -0.4 is 5.73 Å². The Kier molecular flexibility index (Phi) is 4.07. The molecule has 0 saturated carbocycles. The molecule has 2 nitrogen and oxygen atoms in total. The summed E-state index contributed by atoms with van der Waals surface area (Å²) in [6, 6.07) is 3.91. The molecule has 0 radical (unpaired) electrons. The molecule has 94 valence electrons. The van der Waals surface area contributed by atoms with Crippen LogP contribution in [0.5, 0.6) is 0 Å². The van der Waals surface area contributed by atoms with E-state index in [0.717, 1.165) is 25.3 Å². The van der Waals surface area contributed by atoms with Gasteiger partial charge in [-0.3, -0.25) is 0 Å². The van der Waals surface area contributed by atoms with Gasteiger partial charge in [-0.15, -0.1) is 0 Å². The molecule has 0 amide bonds. The topological polar surface area (TPSA) is 35.2 Å². The molecular formula is C13H17F2NO. The molecule has 1 aliphatic heterocycles. The second kappa shape index (κ2) is 5.56. The van der Waals surface area contributed by atoms with Crippen molar-refractivity contribution in [2.75, 3.05) is 6.61 Å². The van der Waals surface area contributed by atoms with Gasteiger partial charge in [-0.05, 0) is 37.3 Å². The number of ether oxygens (including phenoxy) is 1. The molecule has 0 spiro atoms. The van der Waals surface area contributed by atoms with Gasteiger partial charge in [-0.2, -0.15) is 0 Å². The minimum Gasteiger partial charge on any atom is -0.377 e. The highest BCUT2D eigenvalue weighted by Crippen LogP contribution is 2.19. The van der Waals surface area contributed by atoms with Gasteiger partial charge in [0.2, 0.25) is 0 Å². The van der Waals surface area contributed by atoms with Crippen LogP contribution in [0.4, 0.5) is 8.78 Å². The molecule has 2 unspecified atom stereocenters. The third-order valence-corrected chi connectivity index (χ3v) is 3.18. The van der Waals surface area contributed by atoms with Crippen LogP contribution in [0, 0.1) is 11.6 Å². The van der Waals surface area contributed by atoms with Gasteiger partial charge in [0, 0.05) is 12.6 Å². The maximum Gasteiger partial charge on any atom is 0.162 e. The second-order valence-electron chi connectivity index (χ2n) is 4.49. The molecule has 1 aromatic carbocycles. The van der Waals surface area contributed by atoms with Gasteiger partial charge in [0.05, 0.1) is 6.10 Å². The molecule has 17 heavy (non-hydrogen) atoms. The van der Waals surface area contributed by atoms with Crippen LogP contribution in [-0.2, 0) is 11.2 Å². The van der Waals surface area contributed by atoms with Crippen LogP contribution in [0.15, 0.2) is 18.2 Å². The SMILES string of the molecule is NC(Cc1cccc(F)c1F)C1CCCCO1. The summed E-state index contributed by atoms with van der Waals surface area (Å²) in [6.45, 7) is 0.712. The van der Waals surface area contributed by atoms with Crippen molar-refractivity contribution in [1.82, 2.24) is 0 Å². The van der Waals surface area contributed by atoms with Gasteiger partial charge < -0.3 is 10.5 Å². The third kappa shape index (κ3) is 3.01. The molecule has 4 heteroatoms. The van der Waals surface area contributed by atoms with E-state index < -0.39 is 11.6 Å². The van der Waals surface area contributed by atoms with E-state index in [2.05, 4.69) is 0 Å². The van der Waals surface area contributed by atoms with Crippen LogP contribution in [0.3, 0.4) is 0 Å². The fraction of sp³-hybridized carbons (Fsp3) is 0.538. The lowest BCUT2D eigenvalue weighted by Gasteiger charge is -2.28. The molecule has 2 N–H and O–H groups in total. The van der Waals surface area contributed by atoms with E-state index in [1.165, 1.54) is 6.07 Å². The first-order valence-electron chi connectivity index (χ1n) is 5.98. The summed E-state index contributed by atoms with van der Waals surface area (Å²) in [7, 11) is 0. The largest absolute Gasteiger partial charge is 0.377 e. The molecular weight excluding hydrogens is 224 g/mol. The lowest BCUT2D eigenvalue weighted by atomic mass is 9.96. The predicted molar refractivity (Wildman–Crippen MR) is 61.6 cm³/mol. The van der Waals surface area contributed by atoms with Gasteiger partial charge in [0.1, 0.15) is 0 Å². The second-order valence-corrected chi connectivity index (χ2v) is 4.49. The highest BCUT2D eigenvalue weighted by Gasteiger charge is 2.22. The van der Waals surface area contributed by atoms with Crippen LogP contribution >= 0.6 is 0 Å². The first kappa shape index (κ1) is 12.5. The van der Waals surface area contributed by atoms with Gasteiger partial charge in [0.15, 0.2) is 11.6 Å². The highest BCUT2D eigenvalue weighted by molar-refractivity contribution is 5.20. The Morgan fingerprint density at radius 1 is 1.35 bits per heavy atom. The molecule has 2 atom stereocenters. The Morgan fingerprint density at radius 2 is 2.18 bits per heavy atom. The van der Waals surface area contributed by atoms with Crippen LogP contribution in [0.1, 0.15) is 24.8 Å². The first-order valence-corrected chi connectivity index (χ1v) is 5.98. The fourth-order valence-corrected chi connectivity index (χ4v) is 2.19. The summed E-state index contributed by atoms with van der Waals surface area (Å²) >= 11 is 0. The molecule has 2 rings (SSSR count). The smallest absolute Gasteiger partial charge is 0.162 e. The van der Waals surface area contributed by atoms with Gasteiger partial charge >= 0.3 is 0 Å². The highest BCUT2D eigenvalue weighted by atomic mass is 19.2. The summed E-state index contributed by atoms with van der Waals surface area (Å²) in [6.07, 6.45) is 3.32. The molecule has 1 saturated heterocycles. The maximum absolute atomic E-state index is 13.5. The van der Waals surface area contributed by atoms with E-state index in [9.17, 15) is 8.78 Å². The Labute approximate surface area is 99.8 Å². The summed E-state index contributed by atoms with van der Waals surface area (Å²) < 4.78 is 32.0. The van der Waals surface area contributed by atoms with Crippen LogP contribution in [-0.4, -0.2) is 18.8 Å². The van der Waals surface area contributed by atoms with Crippen molar-refractivity contribution >= 4 is 0 Å². The summed E-state index contributed by atoms with van der Waals surface area (Å²) in [5.41, 5.74) is 6.31. The van der Waals surface area contributed by atoms with Gasteiger partial charge in [0.25, 0.3) is 0 Å². The molecule has 1 aromatic rings. The number of nitrogens with two attached hydrogens (primary N) is 1. The van der Waals surface area contributed by atoms with Gasteiger partial charge in [-0.25, -0.2) is 8.78 Å². The minimum atomic E-state index is -0.820. The Balaban J connectivity index is 2.01. The average molecular weight is 241 g/mol. The Morgan fingerprint density at radius 3 is 2.88 bits per heavy atom. The Bertz CT molecular complexity index is 378. The summed E-state index contributed by atoms with van der Waals surface area (Å²) in [5, 5.41) is 0. The third-order valence-electron chi connectivity index (χ3n) is 3.18. The number of hydrogen-bond donors (Lipinski definition) is 1. The number of benzene rings is 1. The molecule has 1 aliphatic rings. The average Bonchev–Trinajstić information content (AvgIpc) is 2.36. The van der Waals surface area contributed by atoms with E-state index in [1.54, 1.807) is 6.07 Å². The molecule has 0 aliphatic carbocycles. The van der Waals surface area contributed by atoms with Crippen molar-refractivity contribution in [3.8, 4) is 0 Å². The minimum absolute atomic E-state index is 0.0357. The fourth-order valence-electron chi connectivity index (χ4n) is 2.19. The Hall–Kier alpha value is -1.00. The van der Waals surface area contributed by atoms with E-state index in [0.29, 0.717) is 18.6 Å². The van der Waals surface area contributed by atoms with Crippen molar-refractivity contribution < 1.29 is 13.5 Å². The quantitative estimate of drug-likeness (QED) is 0.882. The summed E-state index contributed by atoms with van der Waals surface area (Å²) in [4.78, 5) is 0. The molecule has 0 bridgehead atoms. The lowest BCUT2D eigenvalue weighted by Crippen LogP contribution is -2.40. The maximum atomic E-state index is 13.5. The molecule has 1 fully saturated rings. The number of halogens is 2.